The van der Waals surface area contributed by atoms with Crippen LogP contribution in [0.1, 0.15) is 24.0 Å². The Morgan fingerprint density at radius 2 is 1.72 bits per heavy atom. The van der Waals surface area contributed by atoms with Crippen LogP contribution in [0, 0.1) is 0 Å². The minimum absolute atomic E-state index is 0.227. The highest BCUT2D eigenvalue weighted by Gasteiger charge is 2.53. The van der Waals surface area contributed by atoms with Gasteiger partial charge in [-0.25, -0.2) is 0 Å². The van der Waals surface area contributed by atoms with E-state index in [0.29, 0.717) is 46.0 Å². The maximum Gasteiger partial charge on any atom is 0.242 e. The van der Waals surface area contributed by atoms with Gasteiger partial charge in [0.15, 0.2) is 0 Å². The SMILES string of the molecule is CN(C)CCNC(=O)[C@H](Cc1ccc(Cl)c(Cl)c1)NC(=O)C1(c2ccc(Cl)cc2Cl)CC1. The highest BCUT2D eigenvalue weighted by atomic mass is 35.5. The van der Waals surface area contributed by atoms with Gasteiger partial charge in [-0.1, -0.05) is 58.5 Å². The summed E-state index contributed by atoms with van der Waals surface area (Å²) in [4.78, 5) is 28.3. The quantitative estimate of drug-likeness (QED) is 0.506. The van der Waals surface area contributed by atoms with E-state index in [1.54, 1.807) is 36.4 Å². The number of rotatable bonds is 9. The van der Waals surface area contributed by atoms with E-state index in [0.717, 1.165) is 11.1 Å². The smallest absolute Gasteiger partial charge is 0.242 e. The van der Waals surface area contributed by atoms with Crippen LogP contribution >= 0.6 is 46.4 Å². The second-order valence-electron chi connectivity index (χ2n) is 8.28. The molecule has 3 rings (SSSR count). The molecule has 9 heteroatoms. The van der Waals surface area contributed by atoms with Crippen molar-refractivity contribution in [2.75, 3.05) is 27.2 Å². The molecule has 2 amide bonds. The molecule has 172 valence electrons. The Morgan fingerprint density at radius 3 is 2.31 bits per heavy atom. The lowest BCUT2D eigenvalue weighted by Crippen LogP contribution is -2.51. The van der Waals surface area contributed by atoms with Crippen LogP contribution in [-0.4, -0.2) is 49.9 Å². The van der Waals surface area contributed by atoms with E-state index in [-0.39, 0.29) is 18.2 Å². The summed E-state index contributed by atoms with van der Waals surface area (Å²) in [5.74, 6) is -0.487. The summed E-state index contributed by atoms with van der Waals surface area (Å²) < 4.78 is 0. The third-order valence-electron chi connectivity index (χ3n) is 5.54. The van der Waals surface area contributed by atoms with Crippen molar-refractivity contribution >= 4 is 58.2 Å². The molecule has 0 saturated heterocycles. The molecular weight excluding hydrogens is 492 g/mol. The number of nitrogens with one attached hydrogen (secondary N) is 2. The van der Waals surface area contributed by atoms with E-state index in [2.05, 4.69) is 10.6 Å². The Hall–Kier alpha value is -1.50. The van der Waals surface area contributed by atoms with Crippen molar-refractivity contribution in [3.8, 4) is 0 Å². The lowest BCUT2D eigenvalue weighted by Gasteiger charge is -2.23. The van der Waals surface area contributed by atoms with Gasteiger partial charge in [0.2, 0.25) is 11.8 Å². The monoisotopic (exact) mass is 515 g/mol. The van der Waals surface area contributed by atoms with Crippen LogP contribution in [0.15, 0.2) is 36.4 Å². The molecule has 1 aliphatic rings. The number of carbonyl (C=O) groups is 2. The van der Waals surface area contributed by atoms with Gasteiger partial charge in [-0.2, -0.15) is 0 Å². The second kappa shape index (κ2) is 10.6. The molecule has 2 N–H and O–H groups in total. The largest absolute Gasteiger partial charge is 0.353 e. The maximum absolute atomic E-state index is 13.3. The van der Waals surface area contributed by atoms with Crippen molar-refractivity contribution in [3.63, 3.8) is 0 Å². The number of amides is 2. The van der Waals surface area contributed by atoms with Crippen molar-refractivity contribution < 1.29 is 9.59 Å². The highest BCUT2D eigenvalue weighted by molar-refractivity contribution is 6.42. The molecule has 1 atom stereocenters. The van der Waals surface area contributed by atoms with E-state index >= 15 is 0 Å². The Balaban J connectivity index is 1.79. The normalized spacial score (nSPS) is 15.3. The van der Waals surface area contributed by atoms with Crippen LogP contribution in [0.4, 0.5) is 0 Å². The van der Waals surface area contributed by atoms with Crippen molar-refractivity contribution in [2.45, 2.75) is 30.7 Å². The predicted octanol–water partition coefficient (Wildman–Crippen LogP) is 4.74. The summed E-state index contributed by atoms with van der Waals surface area (Å²) in [6.45, 7) is 1.15. The maximum atomic E-state index is 13.3. The van der Waals surface area contributed by atoms with E-state index in [1.807, 2.05) is 19.0 Å². The first-order valence-electron chi connectivity index (χ1n) is 10.3. The first kappa shape index (κ1) is 25.1. The van der Waals surface area contributed by atoms with E-state index in [9.17, 15) is 9.59 Å². The summed E-state index contributed by atoms with van der Waals surface area (Å²) in [6.07, 6.45) is 1.59. The van der Waals surface area contributed by atoms with Gasteiger partial charge < -0.3 is 15.5 Å². The fourth-order valence-electron chi connectivity index (χ4n) is 3.56. The number of likely N-dealkylation sites (N-methyl/N-ethyl adjacent to an activating group) is 1. The van der Waals surface area contributed by atoms with Gasteiger partial charge in [-0.15, -0.1) is 0 Å². The van der Waals surface area contributed by atoms with Gasteiger partial charge in [0.1, 0.15) is 6.04 Å². The topological polar surface area (TPSA) is 61.4 Å². The molecular formula is C23H25Cl4N3O2. The van der Waals surface area contributed by atoms with Crippen LogP contribution in [0.2, 0.25) is 20.1 Å². The molecule has 1 saturated carbocycles. The zero-order valence-corrected chi connectivity index (χ0v) is 20.9. The molecule has 0 aliphatic heterocycles. The van der Waals surface area contributed by atoms with E-state index in [1.165, 1.54) is 0 Å². The molecule has 0 spiro atoms. The second-order valence-corrected chi connectivity index (χ2v) is 9.94. The fourth-order valence-corrected chi connectivity index (χ4v) is 4.47. The lowest BCUT2D eigenvalue weighted by atomic mass is 9.94. The zero-order chi connectivity index (χ0) is 23.5. The lowest BCUT2D eigenvalue weighted by molar-refractivity contribution is -0.130. The Labute approximate surface area is 208 Å². The number of benzene rings is 2. The third kappa shape index (κ3) is 6.09. The number of hydrogen-bond donors (Lipinski definition) is 2. The predicted molar refractivity (Wildman–Crippen MR) is 131 cm³/mol. The molecule has 2 aromatic carbocycles. The molecule has 0 radical (unpaired) electrons. The first-order valence-corrected chi connectivity index (χ1v) is 11.8. The van der Waals surface area contributed by atoms with Crippen molar-refractivity contribution in [3.05, 3.63) is 67.6 Å². The Kier molecular flexibility index (Phi) is 8.34. The average molecular weight is 517 g/mol. The molecule has 0 bridgehead atoms. The number of carbonyl (C=O) groups excluding carboxylic acids is 2. The van der Waals surface area contributed by atoms with E-state index < -0.39 is 11.5 Å². The standard InChI is InChI=1S/C23H25Cl4N3O2/c1-30(2)10-9-28-21(31)20(12-14-3-6-17(25)19(27)11-14)29-22(32)23(7-8-23)16-5-4-15(24)13-18(16)26/h3-6,11,13,20H,7-10,12H2,1-2H3,(H,28,31)(H,29,32)/t20-/m0/s1. The van der Waals surface area contributed by atoms with Gasteiger partial charge in [0, 0.05) is 29.6 Å². The summed E-state index contributed by atoms with van der Waals surface area (Å²) in [5, 5.41) is 7.63. The molecule has 32 heavy (non-hydrogen) atoms. The van der Waals surface area contributed by atoms with Gasteiger partial charge in [-0.3, -0.25) is 9.59 Å². The first-order chi connectivity index (χ1) is 15.1. The summed E-state index contributed by atoms with van der Waals surface area (Å²) in [5.41, 5.74) is 0.769. The summed E-state index contributed by atoms with van der Waals surface area (Å²) >= 11 is 24.6. The Bertz CT molecular complexity index is 1010. The van der Waals surface area contributed by atoms with Crippen LogP contribution in [0.5, 0.6) is 0 Å². The minimum Gasteiger partial charge on any atom is -0.353 e. The molecule has 1 fully saturated rings. The van der Waals surface area contributed by atoms with Gasteiger partial charge in [0.05, 0.1) is 15.5 Å². The van der Waals surface area contributed by atoms with Gasteiger partial charge >= 0.3 is 0 Å². The van der Waals surface area contributed by atoms with Crippen LogP contribution in [0.3, 0.4) is 0 Å². The highest BCUT2D eigenvalue weighted by Crippen LogP contribution is 2.51. The number of hydrogen-bond acceptors (Lipinski definition) is 3. The van der Waals surface area contributed by atoms with E-state index in [4.69, 9.17) is 46.4 Å². The molecule has 0 aromatic heterocycles. The number of nitrogens with zero attached hydrogens (tertiary/aromatic N) is 1. The summed E-state index contributed by atoms with van der Waals surface area (Å²) in [7, 11) is 3.85. The average Bonchev–Trinajstić information content (AvgIpc) is 3.51. The Morgan fingerprint density at radius 1 is 1.00 bits per heavy atom. The van der Waals surface area contributed by atoms with Gasteiger partial charge in [-0.05, 0) is 62.3 Å². The molecule has 0 heterocycles. The van der Waals surface area contributed by atoms with Crippen LogP contribution < -0.4 is 10.6 Å². The van der Waals surface area contributed by atoms with Crippen molar-refractivity contribution in [1.82, 2.24) is 15.5 Å². The summed E-state index contributed by atoms with van der Waals surface area (Å²) in [6, 6.07) is 9.54. The third-order valence-corrected chi connectivity index (χ3v) is 6.82. The molecule has 5 nitrogen and oxygen atoms in total. The number of halogens is 4. The minimum atomic E-state index is -0.773. The molecule has 2 aromatic rings. The fraction of sp³-hybridized carbons (Fsp3) is 0.391. The van der Waals surface area contributed by atoms with Crippen molar-refractivity contribution in [1.29, 1.82) is 0 Å². The zero-order valence-electron chi connectivity index (χ0n) is 17.9. The molecule has 1 aliphatic carbocycles. The van der Waals surface area contributed by atoms with Crippen LogP contribution in [0.25, 0.3) is 0 Å². The molecule has 0 unspecified atom stereocenters. The van der Waals surface area contributed by atoms with Gasteiger partial charge in [0.25, 0.3) is 0 Å². The van der Waals surface area contributed by atoms with Crippen molar-refractivity contribution in [2.24, 2.45) is 0 Å². The van der Waals surface area contributed by atoms with Crippen LogP contribution in [-0.2, 0) is 21.4 Å².